The molecule has 0 spiro atoms. The topological polar surface area (TPSA) is 32.8 Å². The van der Waals surface area contributed by atoms with Crippen molar-refractivity contribution in [2.45, 2.75) is 20.3 Å². The Morgan fingerprint density at radius 1 is 1.04 bits per heavy atom. The van der Waals surface area contributed by atoms with E-state index in [0.717, 1.165) is 18.5 Å². The van der Waals surface area contributed by atoms with Crippen LogP contribution in [0.2, 0.25) is 0 Å². The summed E-state index contributed by atoms with van der Waals surface area (Å²) in [5.74, 6) is 0.121. The molecule has 0 radical (unpaired) electrons. The highest BCUT2D eigenvalue weighted by Gasteiger charge is 2.32. The molecule has 2 aliphatic rings. The normalized spacial score (nSPS) is 17.4. The molecule has 0 unspecified atom stereocenters. The summed E-state index contributed by atoms with van der Waals surface area (Å²) in [7, 11) is 0. The van der Waals surface area contributed by atoms with Crippen molar-refractivity contribution < 1.29 is 9.53 Å². The van der Waals surface area contributed by atoms with Gasteiger partial charge in [-0.1, -0.05) is 24.3 Å². The predicted molar refractivity (Wildman–Crippen MR) is 107 cm³/mol. The van der Waals surface area contributed by atoms with Crippen LogP contribution in [0.4, 0.5) is 11.4 Å². The molecule has 1 amide bonds. The van der Waals surface area contributed by atoms with Crippen LogP contribution in [-0.2, 0) is 16.0 Å². The Kier molecular flexibility index (Phi) is 4.24. The minimum atomic E-state index is -0.171. The molecule has 1 fully saturated rings. The smallest absolute Gasteiger partial charge is 0.297 e. The minimum absolute atomic E-state index is 0.171. The quantitative estimate of drug-likeness (QED) is 0.602. The summed E-state index contributed by atoms with van der Waals surface area (Å²) in [6.07, 6.45) is 2.66. The maximum absolute atomic E-state index is 12.3. The van der Waals surface area contributed by atoms with Gasteiger partial charge in [-0.15, -0.1) is 0 Å². The standard InChI is InChI=1S/C21H20N2O2S/c1-3-22-17-8-6-5-7-15(17)13-16-11-14(9-10-18(16)22)12-19-20(24)23(4-2)21(26)25-19/h5-12H,3-4,13H2,1-2H3. The number of hydrogen-bond acceptors (Lipinski definition) is 4. The Bertz CT molecular complexity index is 935. The number of rotatable bonds is 3. The Hall–Kier alpha value is -2.66. The Balaban J connectivity index is 1.70. The van der Waals surface area contributed by atoms with Crippen LogP contribution in [0.15, 0.2) is 48.2 Å². The fourth-order valence-corrected chi connectivity index (χ4v) is 3.93. The van der Waals surface area contributed by atoms with Crippen LogP contribution in [0.25, 0.3) is 6.08 Å². The van der Waals surface area contributed by atoms with Crippen molar-refractivity contribution in [1.82, 2.24) is 4.90 Å². The summed E-state index contributed by atoms with van der Waals surface area (Å²) in [6, 6.07) is 14.8. The largest absolute Gasteiger partial charge is 0.426 e. The highest BCUT2D eigenvalue weighted by atomic mass is 32.1. The summed E-state index contributed by atoms with van der Waals surface area (Å²) in [5, 5.41) is 0.229. The van der Waals surface area contributed by atoms with E-state index < -0.39 is 0 Å². The Morgan fingerprint density at radius 3 is 2.50 bits per heavy atom. The average molecular weight is 364 g/mol. The zero-order valence-corrected chi connectivity index (χ0v) is 15.7. The van der Waals surface area contributed by atoms with Gasteiger partial charge in [-0.3, -0.25) is 9.69 Å². The lowest BCUT2D eigenvalue weighted by Gasteiger charge is -2.32. The first-order valence-electron chi connectivity index (χ1n) is 8.86. The van der Waals surface area contributed by atoms with Crippen molar-refractivity contribution in [3.05, 3.63) is 64.9 Å². The van der Waals surface area contributed by atoms with Gasteiger partial charge in [0, 0.05) is 30.9 Å². The third-order valence-corrected chi connectivity index (χ3v) is 5.17. The van der Waals surface area contributed by atoms with Crippen molar-refractivity contribution in [2.24, 2.45) is 0 Å². The Labute approximate surface area is 158 Å². The van der Waals surface area contributed by atoms with Crippen molar-refractivity contribution >= 4 is 40.8 Å². The van der Waals surface area contributed by atoms with Gasteiger partial charge in [-0.05, 0) is 67.0 Å². The Morgan fingerprint density at radius 2 is 1.77 bits per heavy atom. The molecule has 4 nitrogen and oxygen atoms in total. The lowest BCUT2D eigenvalue weighted by Crippen LogP contribution is -2.27. The maximum Gasteiger partial charge on any atom is 0.297 e. The van der Waals surface area contributed by atoms with Gasteiger partial charge in [0.25, 0.3) is 11.1 Å². The molecule has 2 aromatic carbocycles. The van der Waals surface area contributed by atoms with E-state index in [9.17, 15) is 4.79 Å². The molecule has 26 heavy (non-hydrogen) atoms. The second-order valence-corrected chi connectivity index (χ2v) is 6.71. The lowest BCUT2D eigenvalue weighted by molar-refractivity contribution is -0.122. The zero-order chi connectivity index (χ0) is 18.3. The number of carbonyl (C=O) groups is 1. The van der Waals surface area contributed by atoms with E-state index in [-0.39, 0.29) is 11.1 Å². The number of hydrogen-bond donors (Lipinski definition) is 0. The molecule has 4 rings (SSSR count). The molecule has 0 N–H and O–H groups in total. The van der Waals surface area contributed by atoms with Gasteiger partial charge >= 0.3 is 0 Å². The molecule has 5 heteroatoms. The third-order valence-electron chi connectivity index (χ3n) is 4.86. The molecule has 0 aromatic heterocycles. The molecule has 0 saturated carbocycles. The van der Waals surface area contributed by atoms with Gasteiger partial charge in [-0.25, -0.2) is 0 Å². The second-order valence-electron chi connectivity index (χ2n) is 6.36. The molecule has 2 aliphatic heterocycles. The molecule has 0 bridgehead atoms. The zero-order valence-electron chi connectivity index (χ0n) is 14.9. The van der Waals surface area contributed by atoms with Crippen LogP contribution in [0.3, 0.4) is 0 Å². The first-order chi connectivity index (χ1) is 12.6. The van der Waals surface area contributed by atoms with Gasteiger partial charge in [0.15, 0.2) is 5.76 Å². The number of para-hydroxylation sites is 1. The number of carbonyl (C=O) groups excluding carboxylic acids is 1. The number of nitrogens with zero attached hydrogens (tertiary/aromatic N) is 2. The highest BCUT2D eigenvalue weighted by Crippen LogP contribution is 2.38. The van der Waals surface area contributed by atoms with Crippen molar-refractivity contribution in [3.63, 3.8) is 0 Å². The van der Waals surface area contributed by atoms with Crippen LogP contribution in [-0.4, -0.2) is 29.1 Å². The fraction of sp³-hybridized carbons (Fsp3) is 0.238. The number of anilines is 2. The SMILES string of the molecule is CCN1C(=O)C(=Cc2ccc3c(c2)Cc2ccccc2N3CC)OC1=S. The van der Waals surface area contributed by atoms with Gasteiger partial charge < -0.3 is 9.64 Å². The number of fused-ring (bicyclic) bond motifs is 2. The molecular formula is C21H20N2O2S. The minimum Gasteiger partial charge on any atom is -0.426 e. The number of benzene rings is 2. The van der Waals surface area contributed by atoms with E-state index >= 15 is 0 Å². The van der Waals surface area contributed by atoms with Crippen molar-refractivity contribution in [2.75, 3.05) is 18.0 Å². The molecule has 0 atom stereocenters. The molecule has 2 aromatic rings. The van der Waals surface area contributed by atoms with E-state index in [2.05, 4.69) is 48.2 Å². The summed E-state index contributed by atoms with van der Waals surface area (Å²) >= 11 is 5.12. The lowest BCUT2D eigenvalue weighted by atomic mass is 9.94. The monoisotopic (exact) mass is 364 g/mol. The summed E-state index contributed by atoms with van der Waals surface area (Å²) in [4.78, 5) is 16.1. The first kappa shape index (κ1) is 16.8. The number of thiocarbonyl (C=S) groups is 1. The van der Waals surface area contributed by atoms with Crippen LogP contribution in [0.1, 0.15) is 30.5 Å². The molecule has 2 heterocycles. The number of ether oxygens (including phenoxy) is 1. The molecular weight excluding hydrogens is 344 g/mol. The number of amides is 1. The van der Waals surface area contributed by atoms with Crippen LogP contribution in [0, 0.1) is 0 Å². The third kappa shape index (κ3) is 2.69. The number of likely N-dealkylation sites (N-methyl/N-ethyl adjacent to an activating group) is 1. The van der Waals surface area contributed by atoms with E-state index in [0.29, 0.717) is 12.3 Å². The van der Waals surface area contributed by atoms with E-state index in [1.54, 1.807) is 6.08 Å². The van der Waals surface area contributed by atoms with Gasteiger partial charge in [0.05, 0.1) is 0 Å². The first-order valence-corrected chi connectivity index (χ1v) is 9.27. The van der Waals surface area contributed by atoms with E-state index in [1.165, 1.54) is 27.4 Å². The second kappa shape index (κ2) is 6.57. The van der Waals surface area contributed by atoms with E-state index in [1.807, 2.05) is 13.0 Å². The molecule has 0 aliphatic carbocycles. The van der Waals surface area contributed by atoms with Crippen LogP contribution >= 0.6 is 12.2 Å². The molecule has 1 saturated heterocycles. The fourth-order valence-electron chi connectivity index (χ4n) is 3.62. The van der Waals surface area contributed by atoms with Crippen molar-refractivity contribution in [1.29, 1.82) is 0 Å². The van der Waals surface area contributed by atoms with Gasteiger partial charge in [0.2, 0.25) is 0 Å². The highest BCUT2D eigenvalue weighted by molar-refractivity contribution is 7.80. The van der Waals surface area contributed by atoms with Crippen LogP contribution in [0.5, 0.6) is 0 Å². The van der Waals surface area contributed by atoms with Gasteiger partial charge in [-0.2, -0.15) is 0 Å². The molecule has 132 valence electrons. The van der Waals surface area contributed by atoms with E-state index in [4.69, 9.17) is 17.0 Å². The average Bonchev–Trinajstić information content (AvgIpc) is 2.92. The van der Waals surface area contributed by atoms with Crippen molar-refractivity contribution in [3.8, 4) is 0 Å². The predicted octanol–water partition coefficient (Wildman–Crippen LogP) is 4.25. The van der Waals surface area contributed by atoms with Gasteiger partial charge in [0.1, 0.15) is 0 Å². The maximum atomic E-state index is 12.3. The summed E-state index contributed by atoms with van der Waals surface area (Å²) in [6.45, 7) is 5.46. The summed E-state index contributed by atoms with van der Waals surface area (Å²) in [5.41, 5.74) is 6.01. The summed E-state index contributed by atoms with van der Waals surface area (Å²) < 4.78 is 5.48. The van der Waals surface area contributed by atoms with Crippen LogP contribution < -0.4 is 4.90 Å².